The highest BCUT2D eigenvalue weighted by molar-refractivity contribution is 5.87. The molecule has 6 heteroatoms. The molecule has 0 bridgehead atoms. The average Bonchev–Trinajstić information content (AvgIpc) is 3.10. The molecule has 2 heterocycles. The van der Waals surface area contributed by atoms with Crippen molar-refractivity contribution in [3.63, 3.8) is 0 Å². The van der Waals surface area contributed by atoms with Gasteiger partial charge < -0.3 is 20.1 Å². The summed E-state index contributed by atoms with van der Waals surface area (Å²) in [6.45, 7) is 3.63. The number of nitrogens with zero attached hydrogens (tertiary/aromatic N) is 1. The Morgan fingerprint density at radius 2 is 2.20 bits per heavy atom. The lowest BCUT2D eigenvalue weighted by Gasteiger charge is -2.30. The predicted octanol–water partition coefficient (Wildman–Crippen LogP) is 1.31. The number of aliphatic hydroxyl groups excluding tert-OH is 1. The van der Waals surface area contributed by atoms with Crippen molar-refractivity contribution >= 4 is 5.97 Å². The van der Waals surface area contributed by atoms with E-state index in [1.807, 2.05) is 0 Å². The normalized spacial score (nSPS) is 15.6. The highest BCUT2D eigenvalue weighted by Gasteiger charge is 2.18. The molecule has 25 heavy (non-hydrogen) atoms. The van der Waals surface area contributed by atoms with Gasteiger partial charge in [0.1, 0.15) is 5.69 Å². The van der Waals surface area contributed by atoms with Gasteiger partial charge in [-0.1, -0.05) is 24.3 Å². The Morgan fingerprint density at radius 3 is 3.00 bits per heavy atom. The number of carbonyl (C=O) groups is 1. The van der Waals surface area contributed by atoms with E-state index in [0.29, 0.717) is 25.3 Å². The molecule has 1 aromatic heterocycles. The van der Waals surface area contributed by atoms with E-state index in [2.05, 4.69) is 44.2 Å². The quantitative estimate of drug-likeness (QED) is 0.661. The Hall–Kier alpha value is -2.15. The molecule has 134 valence electrons. The number of aromatic nitrogens is 1. The maximum Gasteiger partial charge on any atom is 0.354 e. The van der Waals surface area contributed by atoms with Crippen LogP contribution in [0.25, 0.3) is 0 Å². The van der Waals surface area contributed by atoms with Crippen molar-refractivity contribution < 1.29 is 14.6 Å². The second-order valence-corrected chi connectivity index (χ2v) is 6.45. The summed E-state index contributed by atoms with van der Waals surface area (Å²) in [7, 11) is 1.36. The van der Waals surface area contributed by atoms with Crippen LogP contribution in [0.1, 0.15) is 27.2 Å². The third-order valence-corrected chi connectivity index (χ3v) is 4.54. The van der Waals surface area contributed by atoms with E-state index in [-0.39, 0.29) is 5.97 Å². The molecule has 3 rings (SSSR count). The molecule has 1 aliphatic rings. The van der Waals surface area contributed by atoms with E-state index in [1.165, 1.54) is 18.2 Å². The van der Waals surface area contributed by atoms with Crippen molar-refractivity contribution in [2.75, 3.05) is 26.7 Å². The molecule has 1 unspecified atom stereocenters. The van der Waals surface area contributed by atoms with Gasteiger partial charge in [-0.15, -0.1) is 0 Å². The second kappa shape index (κ2) is 8.29. The van der Waals surface area contributed by atoms with Crippen molar-refractivity contribution in [1.29, 1.82) is 0 Å². The monoisotopic (exact) mass is 343 g/mol. The fourth-order valence-electron chi connectivity index (χ4n) is 3.22. The molecule has 0 aliphatic carbocycles. The van der Waals surface area contributed by atoms with Crippen LogP contribution in [0, 0.1) is 0 Å². The number of β-amino-alcohol motifs (C(OH)–C–C–N with tert-alkyl or cyclic N) is 1. The maximum absolute atomic E-state index is 11.4. The van der Waals surface area contributed by atoms with E-state index < -0.39 is 6.10 Å². The predicted molar refractivity (Wildman–Crippen MR) is 95.3 cm³/mol. The Balaban J connectivity index is 1.41. The average molecular weight is 343 g/mol. The van der Waals surface area contributed by atoms with Crippen LogP contribution >= 0.6 is 0 Å². The molecular formula is C19H25N3O3. The van der Waals surface area contributed by atoms with Gasteiger partial charge in [-0.05, 0) is 29.2 Å². The topological polar surface area (TPSA) is 77.6 Å². The number of aromatic amines is 1. The van der Waals surface area contributed by atoms with Crippen LogP contribution in [0.15, 0.2) is 36.5 Å². The summed E-state index contributed by atoms with van der Waals surface area (Å²) in [5.41, 5.74) is 4.17. The molecule has 0 amide bonds. The number of hydrogen-bond acceptors (Lipinski definition) is 5. The molecule has 3 N–H and O–H groups in total. The van der Waals surface area contributed by atoms with Crippen LogP contribution in [0.5, 0.6) is 0 Å². The number of benzene rings is 1. The summed E-state index contributed by atoms with van der Waals surface area (Å²) < 4.78 is 4.67. The van der Waals surface area contributed by atoms with E-state index >= 15 is 0 Å². The first kappa shape index (κ1) is 17.7. The molecule has 1 aliphatic heterocycles. The zero-order chi connectivity index (χ0) is 17.6. The van der Waals surface area contributed by atoms with Crippen molar-refractivity contribution in [2.45, 2.75) is 25.6 Å². The summed E-state index contributed by atoms with van der Waals surface area (Å²) in [4.78, 5) is 16.6. The van der Waals surface area contributed by atoms with Crippen molar-refractivity contribution in [1.82, 2.24) is 15.2 Å². The molecule has 0 spiro atoms. The van der Waals surface area contributed by atoms with Gasteiger partial charge in [-0.25, -0.2) is 4.79 Å². The van der Waals surface area contributed by atoms with E-state index in [4.69, 9.17) is 0 Å². The van der Waals surface area contributed by atoms with Crippen molar-refractivity contribution in [3.05, 3.63) is 58.9 Å². The SMILES string of the molecule is COC(=O)c1cc(CNCC(O)CN2CCc3ccccc3C2)c[nH]1. The molecule has 6 nitrogen and oxygen atoms in total. The van der Waals surface area contributed by atoms with Gasteiger partial charge in [0.15, 0.2) is 0 Å². The van der Waals surface area contributed by atoms with Crippen LogP contribution < -0.4 is 5.32 Å². The third-order valence-electron chi connectivity index (χ3n) is 4.54. The number of aliphatic hydroxyl groups is 1. The van der Waals surface area contributed by atoms with Gasteiger partial charge in [-0.2, -0.15) is 0 Å². The van der Waals surface area contributed by atoms with Gasteiger partial charge in [0.2, 0.25) is 0 Å². The Kier molecular flexibility index (Phi) is 5.86. The number of methoxy groups -OCH3 is 1. The van der Waals surface area contributed by atoms with Crippen LogP contribution in [-0.4, -0.2) is 53.8 Å². The molecule has 0 saturated heterocycles. The van der Waals surface area contributed by atoms with Crippen molar-refractivity contribution in [3.8, 4) is 0 Å². The number of fused-ring (bicyclic) bond motifs is 1. The smallest absolute Gasteiger partial charge is 0.354 e. The zero-order valence-electron chi connectivity index (χ0n) is 14.5. The van der Waals surface area contributed by atoms with Crippen LogP contribution in [0.4, 0.5) is 0 Å². The molecule has 1 aromatic carbocycles. The number of carbonyl (C=O) groups excluding carboxylic acids is 1. The minimum atomic E-state index is -0.427. The van der Waals surface area contributed by atoms with E-state index in [1.54, 1.807) is 12.3 Å². The largest absolute Gasteiger partial charge is 0.464 e. The number of H-pyrrole nitrogens is 1. The van der Waals surface area contributed by atoms with Gasteiger partial charge in [-0.3, -0.25) is 4.90 Å². The summed E-state index contributed by atoms with van der Waals surface area (Å²) in [6, 6.07) is 10.3. The molecule has 0 fully saturated rings. The van der Waals surface area contributed by atoms with Gasteiger partial charge in [0.05, 0.1) is 13.2 Å². The minimum Gasteiger partial charge on any atom is -0.464 e. The lowest BCUT2D eigenvalue weighted by Crippen LogP contribution is -2.40. The third kappa shape index (κ3) is 4.69. The Labute approximate surface area is 147 Å². The van der Waals surface area contributed by atoms with E-state index in [9.17, 15) is 9.90 Å². The number of ether oxygens (including phenoxy) is 1. The Morgan fingerprint density at radius 1 is 1.40 bits per heavy atom. The molecule has 0 saturated carbocycles. The molecule has 0 radical (unpaired) electrons. The lowest BCUT2D eigenvalue weighted by atomic mass is 10.00. The maximum atomic E-state index is 11.4. The fraction of sp³-hybridized carbons (Fsp3) is 0.421. The fourth-order valence-corrected chi connectivity index (χ4v) is 3.22. The number of rotatable bonds is 7. The summed E-state index contributed by atoms with van der Waals surface area (Å²) in [5, 5.41) is 13.5. The Bertz CT molecular complexity index is 713. The highest BCUT2D eigenvalue weighted by atomic mass is 16.5. The summed E-state index contributed by atoms with van der Waals surface area (Å²) in [6.07, 6.45) is 2.38. The molecule has 1 atom stereocenters. The standard InChI is InChI=1S/C19H25N3O3/c1-25-19(24)18-8-14(10-21-18)9-20-11-17(23)13-22-7-6-15-4-2-3-5-16(15)12-22/h2-5,8,10,17,20-21,23H,6-7,9,11-13H2,1H3. The first-order valence-electron chi connectivity index (χ1n) is 8.59. The van der Waals surface area contributed by atoms with Gasteiger partial charge in [0.25, 0.3) is 0 Å². The summed E-state index contributed by atoms with van der Waals surface area (Å²) in [5.74, 6) is -0.378. The molecular weight excluding hydrogens is 318 g/mol. The zero-order valence-corrected chi connectivity index (χ0v) is 14.5. The van der Waals surface area contributed by atoms with Gasteiger partial charge >= 0.3 is 5.97 Å². The number of hydrogen-bond donors (Lipinski definition) is 3. The van der Waals surface area contributed by atoms with Crippen LogP contribution in [0.2, 0.25) is 0 Å². The lowest BCUT2D eigenvalue weighted by molar-refractivity contribution is 0.0594. The first-order chi connectivity index (χ1) is 12.2. The highest BCUT2D eigenvalue weighted by Crippen LogP contribution is 2.18. The summed E-state index contributed by atoms with van der Waals surface area (Å²) >= 11 is 0. The minimum absolute atomic E-state index is 0.378. The van der Waals surface area contributed by atoms with Crippen LogP contribution in [-0.2, 0) is 24.2 Å². The van der Waals surface area contributed by atoms with Crippen molar-refractivity contribution in [2.24, 2.45) is 0 Å². The first-order valence-corrected chi connectivity index (χ1v) is 8.59. The number of esters is 1. The molecule has 2 aromatic rings. The number of nitrogens with one attached hydrogen (secondary N) is 2. The van der Waals surface area contributed by atoms with Gasteiger partial charge in [0, 0.05) is 38.9 Å². The van der Waals surface area contributed by atoms with Crippen LogP contribution in [0.3, 0.4) is 0 Å². The second-order valence-electron chi connectivity index (χ2n) is 6.45. The van der Waals surface area contributed by atoms with E-state index in [0.717, 1.165) is 25.1 Å².